The first kappa shape index (κ1) is 35.8. The molecule has 0 aliphatic carbocycles. The molecule has 0 N–H and O–H groups in total. The van der Waals surface area contributed by atoms with Gasteiger partial charge < -0.3 is 18.9 Å². The van der Waals surface area contributed by atoms with Crippen LogP contribution >= 0.6 is 15.8 Å². The maximum Gasteiger partial charge on any atom is 0.231 e. The van der Waals surface area contributed by atoms with Crippen LogP contribution < -0.4 is 50.8 Å². The summed E-state index contributed by atoms with van der Waals surface area (Å²) in [5.74, 6) is 3.38. The van der Waals surface area contributed by atoms with Gasteiger partial charge in [0.15, 0.2) is 23.0 Å². The fourth-order valence-corrected chi connectivity index (χ4v) is 12.7. The highest BCUT2D eigenvalue weighted by Gasteiger charge is 2.23. The molecule has 0 bridgehead atoms. The quantitative estimate of drug-likeness (QED) is 0.161. The summed E-state index contributed by atoms with van der Waals surface area (Å²) in [6, 6.07) is 40.3. The zero-order chi connectivity index (χ0) is 36.5. The maximum absolute atomic E-state index is 5.64. The van der Waals surface area contributed by atoms with Gasteiger partial charge in [0.05, 0.1) is 0 Å². The van der Waals surface area contributed by atoms with Gasteiger partial charge >= 0.3 is 0 Å². The molecule has 0 aromatic heterocycles. The molecule has 6 aromatic rings. The van der Waals surface area contributed by atoms with Crippen molar-refractivity contribution in [3.8, 4) is 23.0 Å². The molecule has 264 valence electrons. The Balaban J connectivity index is 0.000000162. The molecule has 2 aliphatic rings. The zero-order valence-corrected chi connectivity index (χ0v) is 33.1. The number of benzene rings is 6. The Bertz CT molecular complexity index is 1930. The van der Waals surface area contributed by atoms with Crippen LogP contribution in [0.5, 0.6) is 23.0 Å². The van der Waals surface area contributed by atoms with Gasteiger partial charge in [-0.15, -0.1) is 0 Å². The smallest absolute Gasteiger partial charge is 0.231 e. The van der Waals surface area contributed by atoms with E-state index in [2.05, 4.69) is 152 Å². The lowest BCUT2D eigenvalue weighted by Gasteiger charge is -2.22. The number of hydrogen-bond acceptors (Lipinski definition) is 4. The fraction of sp³-hybridized carbons (Fsp3) is 0.217. The van der Waals surface area contributed by atoms with E-state index in [1.54, 1.807) is 0 Å². The Labute approximate surface area is 311 Å². The van der Waals surface area contributed by atoms with E-state index in [0.717, 1.165) is 23.0 Å². The highest BCUT2D eigenvalue weighted by atomic mass is 31.1. The molecule has 2 aliphatic heterocycles. The van der Waals surface area contributed by atoms with Gasteiger partial charge in [-0.2, -0.15) is 0 Å². The lowest BCUT2D eigenvalue weighted by Crippen LogP contribution is -2.22. The van der Waals surface area contributed by atoms with Crippen molar-refractivity contribution in [1.82, 2.24) is 0 Å². The van der Waals surface area contributed by atoms with Gasteiger partial charge in [0.25, 0.3) is 0 Å². The van der Waals surface area contributed by atoms with Gasteiger partial charge in [-0.05, 0) is 139 Å². The van der Waals surface area contributed by atoms with Crippen molar-refractivity contribution in [3.05, 3.63) is 154 Å². The van der Waals surface area contributed by atoms with Crippen LogP contribution in [-0.2, 0) is 0 Å². The molecule has 0 unspecified atom stereocenters. The Kier molecular flexibility index (Phi) is 10.4. The number of rotatable bonds is 6. The van der Waals surface area contributed by atoms with E-state index in [-0.39, 0.29) is 0 Å². The topological polar surface area (TPSA) is 36.9 Å². The Morgan fingerprint density at radius 3 is 0.808 bits per heavy atom. The first-order chi connectivity index (χ1) is 25.0. The first-order valence-electron chi connectivity index (χ1n) is 17.7. The van der Waals surface area contributed by atoms with Crippen LogP contribution in [0.15, 0.2) is 109 Å². The number of ether oxygens (including phenoxy) is 4. The highest BCUT2D eigenvalue weighted by molar-refractivity contribution is 7.80. The van der Waals surface area contributed by atoms with Crippen molar-refractivity contribution in [2.24, 2.45) is 0 Å². The van der Waals surface area contributed by atoms with Crippen LogP contribution in [0.25, 0.3) is 0 Å². The monoisotopic (exact) mass is 724 g/mol. The van der Waals surface area contributed by atoms with E-state index in [1.807, 2.05) is 12.1 Å². The Morgan fingerprint density at radius 2 is 0.538 bits per heavy atom. The SMILES string of the molecule is Cc1cc(C)cc(P(c2cc(C)cc(C)c2)c2ccc3c(c2)OCO3)c1.Cc1cc(C)cc(P(c2cc(C)cc(C)c2)c2ccc3c(c2)OCO3)c1. The Hall–Kier alpha value is -4.62. The van der Waals surface area contributed by atoms with Crippen LogP contribution in [0.2, 0.25) is 0 Å². The average molecular weight is 725 g/mol. The summed E-state index contributed by atoms with van der Waals surface area (Å²) in [6.07, 6.45) is 0. The van der Waals surface area contributed by atoms with Gasteiger partial charge in [-0.1, -0.05) is 117 Å². The van der Waals surface area contributed by atoms with E-state index < -0.39 is 15.8 Å². The summed E-state index contributed by atoms with van der Waals surface area (Å²) in [5.41, 5.74) is 10.4. The standard InChI is InChI=1S/2C23H23O2P/c2*1-15-7-16(2)10-20(9-15)26(21-11-17(3)8-18(4)12-21)19-5-6-22-23(13-19)25-14-24-22/h2*5-13H,14H2,1-4H3. The van der Waals surface area contributed by atoms with Crippen LogP contribution in [0.4, 0.5) is 0 Å². The van der Waals surface area contributed by atoms with E-state index in [4.69, 9.17) is 18.9 Å². The lowest BCUT2D eigenvalue weighted by molar-refractivity contribution is 0.173. The van der Waals surface area contributed by atoms with Gasteiger partial charge in [0.2, 0.25) is 13.6 Å². The van der Waals surface area contributed by atoms with Crippen molar-refractivity contribution in [3.63, 3.8) is 0 Å². The molecule has 4 nitrogen and oxygen atoms in total. The molecule has 52 heavy (non-hydrogen) atoms. The molecular formula is C46H46O4P2. The first-order valence-corrected chi connectivity index (χ1v) is 20.4. The van der Waals surface area contributed by atoms with Crippen LogP contribution in [0, 0.1) is 55.4 Å². The van der Waals surface area contributed by atoms with E-state index in [0.29, 0.717) is 13.6 Å². The summed E-state index contributed by atoms with van der Waals surface area (Å²) >= 11 is 0. The number of hydrogen-bond donors (Lipinski definition) is 0. The molecule has 8 rings (SSSR count). The van der Waals surface area contributed by atoms with Crippen molar-refractivity contribution >= 4 is 47.7 Å². The normalized spacial score (nSPS) is 12.7. The predicted octanol–water partition coefficient (Wildman–Crippen LogP) is 8.81. The predicted molar refractivity (Wildman–Crippen MR) is 220 cm³/mol. The van der Waals surface area contributed by atoms with Gasteiger partial charge in [-0.25, -0.2) is 0 Å². The third-order valence-electron chi connectivity index (χ3n) is 9.09. The van der Waals surface area contributed by atoms with E-state index in [1.165, 1.54) is 76.3 Å². The molecule has 0 spiro atoms. The second kappa shape index (κ2) is 15.2. The van der Waals surface area contributed by atoms with Crippen molar-refractivity contribution in [1.29, 1.82) is 0 Å². The molecule has 0 radical (unpaired) electrons. The lowest BCUT2D eigenvalue weighted by atomic mass is 10.2. The summed E-state index contributed by atoms with van der Waals surface area (Å²) in [5, 5.41) is 8.09. The largest absolute Gasteiger partial charge is 0.454 e. The zero-order valence-electron chi connectivity index (χ0n) is 31.3. The third-order valence-corrected chi connectivity index (χ3v) is 13.8. The van der Waals surface area contributed by atoms with E-state index >= 15 is 0 Å². The van der Waals surface area contributed by atoms with E-state index in [9.17, 15) is 0 Å². The minimum absolute atomic E-state index is 0.309. The Morgan fingerprint density at radius 1 is 0.288 bits per heavy atom. The molecule has 0 saturated carbocycles. The molecule has 6 aromatic carbocycles. The third kappa shape index (κ3) is 8.05. The van der Waals surface area contributed by atoms with Crippen molar-refractivity contribution in [2.45, 2.75) is 55.4 Å². The summed E-state index contributed by atoms with van der Waals surface area (Å²) in [6.45, 7) is 18.0. The van der Waals surface area contributed by atoms with Crippen LogP contribution in [0.1, 0.15) is 44.5 Å². The van der Waals surface area contributed by atoms with Gasteiger partial charge in [0, 0.05) is 0 Å². The molecule has 2 heterocycles. The molecule has 6 heteroatoms. The van der Waals surface area contributed by atoms with Crippen LogP contribution in [-0.4, -0.2) is 13.6 Å². The molecule has 0 fully saturated rings. The minimum Gasteiger partial charge on any atom is -0.454 e. The molecule has 0 atom stereocenters. The summed E-state index contributed by atoms with van der Waals surface area (Å²) < 4.78 is 22.3. The summed E-state index contributed by atoms with van der Waals surface area (Å²) in [7, 11) is -1.31. The second-order valence-electron chi connectivity index (χ2n) is 14.1. The molecule has 0 saturated heterocycles. The van der Waals surface area contributed by atoms with Crippen LogP contribution in [0.3, 0.4) is 0 Å². The summed E-state index contributed by atoms with van der Waals surface area (Å²) in [4.78, 5) is 0. The highest BCUT2D eigenvalue weighted by Crippen LogP contribution is 2.40. The van der Waals surface area contributed by atoms with Crippen molar-refractivity contribution < 1.29 is 18.9 Å². The van der Waals surface area contributed by atoms with Gasteiger partial charge in [-0.3, -0.25) is 0 Å². The number of fused-ring (bicyclic) bond motifs is 2. The molecule has 0 amide bonds. The second-order valence-corrected chi connectivity index (χ2v) is 18.6. The average Bonchev–Trinajstić information content (AvgIpc) is 3.73. The molecular weight excluding hydrogens is 678 g/mol. The maximum atomic E-state index is 5.64. The van der Waals surface area contributed by atoms with Gasteiger partial charge in [0.1, 0.15) is 0 Å². The minimum atomic E-state index is -0.653. The fourth-order valence-electron chi connectivity index (χ4n) is 7.26. The van der Waals surface area contributed by atoms with Crippen molar-refractivity contribution in [2.75, 3.05) is 13.6 Å². The number of aryl methyl sites for hydroxylation is 8.